The smallest absolute Gasteiger partial charge is 0.0509 e. The highest BCUT2D eigenvalue weighted by Gasteiger charge is 2.25. The Bertz CT molecular complexity index is 102. The zero-order valence-electron chi connectivity index (χ0n) is 8.01. The zero-order valence-corrected chi connectivity index (χ0v) is 8.01. The largest absolute Gasteiger partial charge is 0.289 e. The number of likely N-dealkylation sites (N-methyl/N-ethyl adjacent to an activating group) is 2. The molecule has 11 heavy (non-hydrogen) atoms. The van der Waals surface area contributed by atoms with Gasteiger partial charge in [-0.15, -0.1) is 0 Å². The topological polar surface area (TPSA) is 6.48 Å². The SMILES string of the molecule is CCC1CN(CC)CN1CC. The zero-order chi connectivity index (χ0) is 8.27. The van der Waals surface area contributed by atoms with E-state index in [9.17, 15) is 0 Å². The van der Waals surface area contributed by atoms with Gasteiger partial charge in [0.1, 0.15) is 0 Å². The van der Waals surface area contributed by atoms with Crippen molar-refractivity contribution in [1.29, 1.82) is 0 Å². The first-order valence-electron chi connectivity index (χ1n) is 4.78. The molecule has 66 valence electrons. The molecule has 1 atom stereocenters. The van der Waals surface area contributed by atoms with Crippen molar-refractivity contribution in [2.45, 2.75) is 33.2 Å². The molecule has 0 bridgehead atoms. The molecule has 0 aromatic rings. The summed E-state index contributed by atoms with van der Waals surface area (Å²) >= 11 is 0. The molecule has 2 nitrogen and oxygen atoms in total. The summed E-state index contributed by atoms with van der Waals surface area (Å²) in [5.74, 6) is 0. The van der Waals surface area contributed by atoms with Crippen molar-refractivity contribution in [3.8, 4) is 0 Å². The van der Waals surface area contributed by atoms with Crippen LogP contribution in [0.4, 0.5) is 0 Å². The van der Waals surface area contributed by atoms with Gasteiger partial charge in [0.15, 0.2) is 0 Å². The van der Waals surface area contributed by atoms with E-state index in [1.807, 2.05) is 0 Å². The van der Waals surface area contributed by atoms with E-state index in [1.54, 1.807) is 0 Å². The Balaban J connectivity index is 2.41. The van der Waals surface area contributed by atoms with Crippen molar-refractivity contribution in [3.63, 3.8) is 0 Å². The Morgan fingerprint density at radius 3 is 2.27 bits per heavy atom. The van der Waals surface area contributed by atoms with Gasteiger partial charge < -0.3 is 0 Å². The van der Waals surface area contributed by atoms with E-state index in [1.165, 1.54) is 32.7 Å². The van der Waals surface area contributed by atoms with Gasteiger partial charge in [-0.3, -0.25) is 9.80 Å². The molecule has 0 aromatic heterocycles. The Hall–Kier alpha value is -0.0800. The van der Waals surface area contributed by atoms with Crippen LogP contribution in [-0.4, -0.2) is 42.1 Å². The lowest BCUT2D eigenvalue weighted by atomic mass is 10.2. The lowest BCUT2D eigenvalue weighted by Crippen LogP contribution is -2.29. The van der Waals surface area contributed by atoms with Gasteiger partial charge in [-0.1, -0.05) is 20.8 Å². The third-order valence-electron chi connectivity index (χ3n) is 2.69. The minimum atomic E-state index is 0.819. The van der Waals surface area contributed by atoms with E-state index in [0.29, 0.717) is 0 Å². The molecule has 2 heteroatoms. The van der Waals surface area contributed by atoms with E-state index in [-0.39, 0.29) is 0 Å². The Morgan fingerprint density at radius 2 is 1.91 bits per heavy atom. The third-order valence-corrected chi connectivity index (χ3v) is 2.69. The first kappa shape index (κ1) is 9.01. The van der Waals surface area contributed by atoms with Crippen LogP contribution in [0.2, 0.25) is 0 Å². The molecule has 0 N–H and O–H groups in total. The molecular weight excluding hydrogens is 136 g/mol. The minimum absolute atomic E-state index is 0.819. The second-order valence-corrected chi connectivity index (χ2v) is 3.28. The molecule has 1 saturated heterocycles. The van der Waals surface area contributed by atoms with Crippen LogP contribution in [0.3, 0.4) is 0 Å². The summed E-state index contributed by atoms with van der Waals surface area (Å²) in [7, 11) is 0. The molecule has 1 heterocycles. The van der Waals surface area contributed by atoms with Crippen LogP contribution in [0, 0.1) is 0 Å². The Labute approximate surface area is 70.2 Å². The molecule has 0 radical (unpaired) electrons. The Morgan fingerprint density at radius 1 is 1.18 bits per heavy atom. The van der Waals surface area contributed by atoms with E-state index >= 15 is 0 Å². The van der Waals surface area contributed by atoms with E-state index < -0.39 is 0 Å². The molecule has 0 amide bonds. The second-order valence-electron chi connectivity index (χ2n) is 3.28. The molecule has 1 rings (SSSR count). The second kappa shape index (κ2) is 4.07. The molecule has 1 fully saturated rings. The molecule has 1 aliphatic rings. The maximum absolute atomic E-state index is 2.56. The molecule has 0 saturated carbocycles. The van der Waals surface area contributed by atoms with Crippen LogP contribution < -0.4 is 0 Å². The van der Waals surface area contributed by atoms with Crippen LogP contribution in [0.15, 0.2) is 0 Å². The monoisotopic (exact) mass is 156 g/mol. The molecule has 0 aromatic carbocycles. The van der Waals surface area contributed by atoms with Gasteiger partial charge in [-0.05, 0) is 19.5 Å². The van der Waals surface area contributed by atoms with E-state index in [2.05, 4.69) is 30.6 Å². The van der Waals surface area contributed by atoms with Crippen LogP contribution >= 0.6 is 0 Å². The standard InChI is InChI=1S/C9H20N2/c1-4-9-7-10(5-2)8-11(9)6-3/h9H,4-8H2,1-3H3. The van der Waals surface area contributed by atoms with Gasteiger partial charge in [0.25, 0.3) is 0 Å². The molecule has 0 aliphatic carbocycles. The highest BCUT2D eigenvalue weighted by molar-refractivity contribution is 4.79. The first-order chi connectivity index (χ1) is 5.31. The third kappa shape index (κ3) is 1.94. The van der Waals surface area contributed by atoms with Gasteiger partial charge in [-0.2, -0.15) is 0 Å². The summed E-state index contributed by atoms with van der Waals surface area (Å²) in [5.41, 5.74) is 0. The van der Waals surface area contributed by atoms with Gasteiger partial charge in [0, 0.05) is 12.6 Å². The summed E-state index contributed by atoms with van der Waals surface area (Å²) in [4.78, 5) is 5.07. The fraction of sp³-hybridized carbons (Fsp3) is 1.00. The summed E-state index contributed by atoms with van der Waals surface area (Å²) < 4.78 is 0. The average molecular weight is 156 g/mol. The first-order valence-corrected chi connectivity index (χ1v) is 4.78. The van der Waals surface area contributed by atoms with Crippen molar-refractivity contribution in [2.75, 3.05) is 26.3 Å². The van der Waals surface area contributed by atoms with E-state index in [0.717, 1.165) is 6.04 Å². The highest BCUT2D eigenvalue weighted by atomic mass is 15.4. The van der Waals surface area contributed by atoms with Crippen LogP contribution in [0.1, 0.15) is 27.2 Å². The van der Waals surface area contributed by atoms with Gasteiger partial charge in [-0.25, -0.2) is 0 Å². The maximum atomic E-state index is 2.56. The van der Waals surface area contributed by atoms with Crippen molar-refractivity contribution < 1.29 is 0 Å². The lowest BCUT2D eigenvalue weighted by Gasteiger charge is -2.19. The molecular formula is C9H20N2. The number of nitrogens with zero attached hydrogens (tertiary/aromatic N) is 2. The fourth-order valence-corrected chi connectivity index (χ4v) is 1.82. The quantitative estimate of drug-likeness (QED) is 0.609. The van der Waals surface area contributed by atoms with Crippen LogP contribution in [-0.2, 0) is 0 Å². The minimum Gasteiger partial charge on any atom is -0.289 e. The van der Waals surface area contributed by atoms with Crippen LogP contribution in [0.5, 0.6) is 0 Å². The predicted molar refractivity (Wildman–Crippen MR) is 48.6 cm³/mol. The molecule has 1 unspecified atom stereocenters. The number of rotatable bonds is 3. The molecule has 1 aliphatic heterocycles. The summed E-state index contributed by atoms with van der Waals surface area (Å²) in [6, 6.07) is 0.819. The normalized spacial score (nSPS) is 28.1. The molecule has 0 spiro atoms. The summed E-state index contributed by atoms with van der Waals surface area (Å²) in [6.45, 7) is 11.6. The highest BCUT2D eigenvalue weighted by Crippen LogP contribution is 2.14. The summed E-state index contributed by atoms with van der Waals surface area (Å²) in [6.07, 6.45) is 1.30. The van der Waals surface area contributed by atoms with Gasteiger partial charge >= 0.3 is 0 Å². The number of hydrogen-bond acceptors (Lipinski definition) is 2. The Kier molecular flexibility index (Phi) is 3.34. The van der Waals surface area contributed by atoms with Gasteiger partial charge in [0.2, 0.25) is 0 Å². The van der Waals surface area contributed by atoms with Gasteiger partial charge in [0.05, 0.1) is 6.67 Å². The fourth-order valence-electron chi connectivity index (χ4n) is 1.82. The predicted octanol–water partition coefficient (Wildman–Crippen LogP) is 1.38. The maximum Gasteiger partial charge on any atom is 0.0509 e. The van der Waals surface area contributed by atoms with Crippen LogP contribution in [0.25, 0.3) is 0 Å². The average Bonchev–Trinajstić information content (AvgIpc) is 2.46. The van der Waals surface area contributed by atoms with Crippen molar-refractivity contribution in [1.82, 2.24) is 9.80 Å². The summed E-state index contributed by atoms with van der Waals surface area (Å²) in [5, 5.41) is 0. The van der Waals surface area contributed by atoms with Crippen molar-refractivity contribution in [2.24, 2.45) is 0 Å². The van der Waals surface area contributed by atoms with Crippen molar-refractivity contribution >= 4 is 0 Å². The number of hydrogen-bond donors (Lipinski definition) is 0. The van der Waals surface area contributed by atoms with Crippen molar-refractivity contribution in [3.05, 3.63) is 0 Å². The van der Waals surface area contributed by atoms with E-state index in [4.69, 9.17) is 0 Å². The lowest BCUT2D eigenvalue weighted by molar-refractivity contribution is 0.233.